The fourth-order valence-corrected chi connectivity index (χ4v) is 1.66. The predicted octanol–water partition coefficient (Wildman–Crippen LogP) is 1.97. The van der Waals surface area contributed by atoms with Gasteiger partial charge in [-0.25, -0.2) is 9.97 Å². The Morgan fingerprint density at radius 2 is 2.22 bits per heavy atom. The van der Waals surface area contributed by atoms with Gasteiger partial charge in [0.15, 0.2) is 0 Å². The van der Waals surface area contributed by atoms with Crippen molar-refractivity contribution in [3.05, 3.63) is 18.1 Å². The Balaban J connectivity index is 1.85. The summed E-state index contributed by atoms with van der Waals surface area (Å²) < 4.78 is 0. The van der Waals surface area contributed by atoms with Crippen molar-refractivity contribution < 1.29 is 4.79 Å². The van der Waals surface area contributed by atoms with Crippen LogP contribution < -0.4 is 10.6 Å². The number of nitrogens with one attached hydrogen (secondary N) is 2. The van der Waals surface area contributed by atoms with E-state index < -0.39 is 0 Å². The first kappa shape index (κ1) is 12.8. The number of rotatable bonds is 7. The van der Waals surface area contributed by atoms with Crippen LogP contribution in [0.5, 0.6) is 0 Å². The molecule has 1 aliphatic rings. The molecule has 0 saturated heterocycles. The Hall–Kier alpha value is -1.65. The van der Waals surface area contributed by atoms with Crippen LogP contribution in [0.3, 0.4) is 0 Å². The van der Waals surface area contributed by atoms with Gasteiger partial charge in [0, 0.05) is 18.7 Å². The summed E-state index contributed by atoms with van der Waals surface area (Å²) in [6.07, 6.45) is 7.11. The second-order valence-electron chi connectivity index (χ2n) is 4.67. The fourth-order valence-electron chi connectivity index (χ4n) is 1.66. The van der Waals surface area contributed by atoms with Gasteiger partial charge in [-0.2, -0.15) is 0 Å². The summed E-state index contributed by atoms with van der Waals surface area (Å²) in [6, 6.07) is 2.07. The van der Waals surface area contributed by atoms with Gasteiger partial charge in [0.05, 0.1) is 0 Å². The van der Waals surface area contributed by atoms with Crippen molar-refractivity contribution in [2.24, 2.45) is 0 Å². The lowest BCUT2D eigenvalue weighted by Crippen LogP contribution is -2.26. The molecule has 0 spiro atoms. The molecule has 1 aromatic heterocycles. The number of amides is 1. The summed E-state index contributed by atoms with van der Waals surface area (Å²) in [7, 11) is 0. The molecule has 0 aromatic carbocycles. The predicted molar refractivity (Wildman–Crippen MR) is 70.5 cm³/mol. The molecule has 2 N–H and O–H groups in total. The van der Waals surface area contributed by atoms with Crippen molar-refractivity contribution in [2.75, 3.05) is 11.9 Å². The molecule has 1 aliphatic carbocycles. The average Bonchev–Trinajstić information content (AvgIpc) is 3.19. The highest BCUT2D eigenvalue weighted by Gasteiger charge is 2.24. The molecule has 2 rings (SSSR count). The quantitative estimate of drug-likeness (QED) is 0.724. The van der Waals surface area contributed by atoms with E-state index in [0.717, 1.165) is 31.6 Å². The molecule has 1 amide bonds. The number of unbranched alkanes of at least 4 members (excludes halogenated alkanes) is 2. The zero-order chi connectivity index (χ0) is 12.8. The Labute approximate surface area is 107 Å². The van der Waals surface area contributed by atoms with Crippen LogP contribution in [0.25, 0.3) is 0 Å². The number of aromatic nitrogens is 2. The molecule has 0 unspecified atom stereocenters. The summed E-state index contributed by atoms with van der Waals surface area (Å²) >= 11 is 0. The number of carbonyl (C=O) groups is 1. The van der Waals surface area contributed by atoms with Crippen molar-refractivity contribution in [1.82, 2.24) is 15.3 Å². The summed E-state index contributed by atoms with van der Waals surface area (Å²) in [5, 5.41) is 6.13. The lowest BCUT2D eigenvalue weighted by molar-refractivity contribution is 0.0946. The molecule has 5 heteroatoms. The second kappa shape index (κ2) is 6.33. The Bertz CT molecular complexity index is 404. The maximum atomic E-state index is 11.8. The molecule has 0 atom stereocenters. The second-order valence-corrected chi connectivity index (χ2v) is 4.67. The number of anilines is 1. The van der Waals surface area contributed by atoms with Crippen LogP contribution in [0.15, 0.2) is 12.4 Å². The maximum absolute atomic E-state index is 11.8. The van der Waals surface area contributed by atoms with Crippen molar-refractivity contribution in [1.29, 1.82) is 0 Å². The zero-order valence-corrected chi connectivity index (χ0v) is 10.8. The third-order valence-corrected chi connectivity index (χ3v) is 2.90. The minimum absolute atomic E-state index is 0.100. The highest BCUT2D eigenvalue weighted by Crippen LogP contribution is 2.19. The van der Waals surface area contributed by atoms with Gasteiger partial charge in [-0.1, -0.05) is 19.8 Å². The first-order valence-electron chi connectivity index (χ1n) is 6.66. The Morgan fingerprint density at radius 1 is 1.39 bits per heavy atom. The van der Waals surface area contributed by atoms with Crippen LogP contribution in [0.1, 0.15) is 49.5 Å². The first-order valence-corrected chi connectivity index (χ1v) is 6.66. The van der Waals surface area contributed by atoms with Crippen LogP contribution in [-0.4, -0.2) is 28.5 Å². The third-order valence-electron chi connectivity index (χ3n) is 2.90. The van der Waals surface area contributed by atoms with Gasteiger partial charge in [-0.05, 0) is 19.3 Å². The number of carbonyl (C=O) groups excluding carboxylic acids is 1. The third kappa shape index (κ3) is 3.98. The standard InChI is InChI=1S/C13H20N4O/c1-2-3-4-7-14-12-8-11(15-9-16-12)13(18)17-10-5-6-10/h8-10H,2-7H2,1H3,(H,17,18)(H,14,15,16). The van der Waals surface area contributed by atoms with E-state index in [-0.39, 0.29) is 5.91 Å². The van der Waals surface area contributed by atoms with Gasteiger partial charge in [0.1, 0.15) is 17.8 Å². The van der Waals surface area contributed by atoms with Crippen LogP contribution in [-0.2, 0) is 0 Å². The summed E-state index contributed by atoms with van der Waals surface area (Å²) in [5.41, 5.74) is 0.440. The lowest BCUT2D eigenvalue weighted by Gasteiger charge is -2.06. The van der Waals surface area contributed by atoms with Gasteiger partial charge in [0.25, 0.3) is 5.91 Å². The van der Waals surface area contributed by atoms with E-state index in [9.17, 15) is 4.79 Å². The van der Waals surface area contributed by atoms with Crippen molar-refractivity contribution >= 4 is 11.7 Å². The largest absolute Gasteiger partial charge is 0.370 e. The molecule has 0 radical (unpaired) electrons. The minimum Gasteiger partial charge on any atom is -0.370 e. The molecule has 1 aromatic rings. The Morgan fingerprint density at radius 3 is 2.94 bits per heavy atom. The van der Waals surface area contributed by atoms with Crippen molar-refractivity contribution in [3.63, 3.8) is 0 Å². The zero-order valence-electron chi connectivity index (χ0n) is 10.8. The van der Waals surface area contributed by atoms with Gasteiger partial charge in [0.2, 0.25) is 0 Å². The highest BCUT2D eigenvalue weighted by molar-refractivity contribution is 5.93. The summed E-state index contributed by atoms with van der Waals surface area (Å²) in [6.45, 7) is 3.06. The molecule has 5 nitrogen and oxygen atoms in total. The van der Waals surface area contributed by atoms with Crippen LogP contribution >= 0.6 is 0 Å². The van der Waals surface area contributed by atoms with E-state index in [1.807, 2.05) is 0 Å². The van der Waals surface area contributed by atoms with Gasteiger partial charge >= 0.3 is 0 Å². The normalized spacial score (nSPS) is 14.3. The smallest absolute Gasteiger partial charge is 0.270 e. The van der Waals surface area contributed by atoms with Crippen LogP contribution in [0.2, 0.25) is 0 Å². The van der Waals surface area contributed by atoms with Gasteiger partial charge in [-0.3, -0.25) is 4.79 Å². The lowest BCUT2D eigenvalue weighted by atomic mass is 10.2. The van der Waals surface area contributed by atoms with Crippen molar-refractivity contribution in [3.8, 4) is 0 Å². The van der Waals surface area contributed by atoms with E-state index in [2.05, 4.69) is 27.5 Å². The summed E-state index contributed by atoms with van der Waals surface area (Å²) in [5.74, 6) is 0.624. The van der Waals surface area contributed by atoms with Gasteiger partial charge in [-0.15, -0.1) is 0 Å². The monoisotopic (exact) mass is 248 g/mol. The molecule has 1 heterocycles. The molecule has 0 bridgehead atoms. The first-order chi connectivity index (χ1) is 8.79. The van der Waals surface area contributed by atoms with Crippen LogP contribution in [0, 0.1) is 0 Å². The van der Waals surface area contributed by atoms with Crippen LogP contribution in [0.4, 0.5) is 5.82 Å². The molecule has 1 saturated carbocycles. The summed E-state index contributed by atoms with van der Waals surface area (Å²) in [4.78, 5) is 19.9. The van der Waals surface area contributed by atoms with Gasteiger partial charge < -0.3 is 10.6 Å². The average molecular weight is 248 g/mol. The van der Waals surface area contributed by atoms with E-state index in [1.54, 1.807) is 6.07 Å². The SMILES string of the molecule is CCCCCNc1cc(C(=O)NC2CC2)ncn1. The Kier molecular flexibility index (Phi) is 4.50. The fraction of sp³-hybridized carbons (Fsp3) is 0.615. The molecule has 0 aliphatic heterocycles. The number of nitrogens with zero attached hydrogens (tertiary/aromatic N) is 2. The topological polar surface area (TPSA) is 66.9 Å². The van der Waals surface area contributed by atoms with E-state index in [0.29, 0.717) is 11.7 Å². The van der Waals surface area contributed by atoms with E-state index in [4.69, 9.17) is 0 Å². The molecule has 1 fully saturated rings. The molecule has 98 valence electrons. The number of hydrogen-bond donors (Lipinski definition) is 2. The van der Waals surface area contributed by atoms with Crippen molar-refractivity contribution in [2.45, 2.75) is 45.1 Å². The number of hydrogen-bond acceptors (Lipinski definition) is 4. The maximum Gasteiger partial charge on any atom is 0.270 e. The molecular formula is C13H20N4O. The molecular weight excluding hydrogens is 228 g/mol. The van der Waals surface area contributed by atoms with E-state index >= 15 is 0 Å². The van der Waals surface area contributed by atoms with E-state index in [1.165, 1.54) is 19.2 Å². The highest BCUT2D eigenvalue weighted by atomic mass is 16.2. The molecule has 18 heavy (non-hydrogen) atoms. The minimum atomic E-state index is -0.100.